The number of methoxy groups -OCH3 is 1. The van der Waals surface area contributed by atoms with Gasteiger partial charge in [0, 0.05) is 23.4 Å². The van der Waals surface area contributed by atoms with Gasteiger partial charge in [-0.15, -0.1) is 0 Å². The van der Waals surface area contributed by atoms with E-state index < -0.39 is 0 Å². The van der Waals surface area contributed by atoms with Crippen LogP contribution in [0.2, 0.25) is 10.0 Å². The van der Waals surface area contributed by atoms with Crippen molar-refractivity contribution in [3.05, 3.63) is 87.7 Å². The Morgan fingerprint density at radius 2 is 1.70 bits per heavy atom. The van der Waals surface area contributed by atoms with Gasteiger partial charge in [-0.2, -0.15) is 0 Å². The maximum Gasteiger partial charge on any atom is 0.166 e. The molecule has 0 spiro atoms. The van der Waals surface area contributed by atoms with Crippen LogP contribution < -0.4 is 14.8 Å². The number of hydrogen-bond acceptors (Lipinski definition) is 3. The Morgan fingerprint density at radius 1 is 0.926 bits per heavy atom. The van der Waals surface area contributed by atoms with Crippen molar-refractivity contribution in [3.8, 4) is 11.5 Å². The molecule has 0 saturated carbocycles. The van der Waals surface area contributed by atoms with Crippen LogP contribution in [0, 0.1) is 5.82 Å². The van der Waals surface area contributed by atoms with Crippen LogP contribution >= 0.6 is 23.2 Å². The van der Waals surface area contributed by atoms with Crippen molar-refractivity contribution in [2.24, 2.45) is 0 Å². The molecule has 0 aromatic heterocycles. The maximum absolute atomic E-state index is 13.9. The molecule has 6 heteroatoms. The van der Waals surface area contributed by atoms with Crippen LogP contribution in [-0.2, 0) is 13.2 Å². The molecule has 0 heterocycles. The molecule has 3 nitrogen and oxygen atoms in total. The second-order valence-corrected chi connectivity index (χ2v) is 6.63. The van der Waals surface area contributed by atoms with Gasteiger partial charge in [-0.1, -0.05) is 53.5 Å². The monoisotopic (exact) mass is 405 g/mol. The van der Waals surface area contributed by atoms with Gasteiger partial charge in [0.1, 0.15) is 12.4 Å². The molecule has 1 N–H and O–H groups in total. The summed E-state index contributed by atoms with van der Waals surface area (Å²) in [5, 5.41) is 4.25. The smallest absolute Gasteiger partial charge is 0.166 e. The molecule has 140 valence electrons. The van der Waals surface area contributed by atoms with Gasteiger partial charge in [-0.3, -0.25) is 0 Å². The summed E-state index contributed by atoms with van der Waals surface area (Å²) in [7, 11) is 1.57. The molecule has 3 aromatic rings. The van der Waals surface area contributed by atoms with Crippen LogP contribution in [0.1, 0.15) is 11.1 Å². The van der Waals surface area contributed by atoms with Crippen molar-refractivity contribution >= 4 is 28.9 Å². The Bertz CT molecular complexity index is 934. The predicted molar refractivity (Wildman–Crippen MR) is 108 cm³/mol. The minimum atomic E-state index is -0.303. The first-order valence-corrected chi connectivity index (χ1v) is 9.05. The van der Waals surface area contributed by atoms with Gasteiger partial charge in [0.05, 0.1) is 17.2 Å². The number of anilines is 1. The van der Waals surface area contributed by atoms with Crippen molar-refractivity contribution in [2.75, 3.05) is 12.4 Å². The lowest BCUT2D eigenvalue weighted by molar-refractivity contribution is 0.277. The zero-order chi connectivity index (χ0) is 19.2. The van der Waals surface area contributed by atoms with E-state index in [1.165, 1.54) is 6.07 Å². The molecule has 0 aliphatic carbocycles. The number of benzene rings is 3. The van der Waals surface area contributed by atoms with E-state index in [0.717, 1.165) is 11.3 Å². The first-order chi connectivity index (χ1) is 13.1. The van der Waals surface area contributed by atoms with E-state index in [1.54, 1.807) is 43.5 Å². The van der Waals surface area contributed by atoms with Crippen LogP contribution in [0.5, 0.6) is 11.5 Å². The third-order valence-electron chi connectivity index (χ3n) is 4.01. The Morgan fingerprint density at radius 3 is 2.44 bits per heavy atom. The van der Waals surface area contributed by atoms with Gasteiger partial charge >= 0.3 is 0 Å². The summed E-state index contributed by atoms with van der Waals surface area (Å²) in [4.78, 5) is 0. The Labute approximate surface area is 167 Å². The minimum Gasteiger partial charge on any atom is -0.493 e. The Hall–Kier alpha value is -2.43. The highest BCUT2D eigenvalue weighted by Crippen LogP contribution is 2.33. The summed E-state index contributed by atoms with van der Waals surface area (Å²) in [5.41, 5.74) is 2.18. The van der Waals surface area contributed by atoms with Gasteiger partial charge < -0.3 is 14.8 Å². The summed E-state index contributed by atoms with van der Waals surface area (Å²) in [6.45, 7) is 0.578. The van der Waals surface area contributed by atoms with Gasteiger partial charge in [0.2, 0.25) is 0 Å². The van der Waals surface area contributed by atoms with Gasteiger partial charge in [-0.25, -0.2) is 4.39 Å². The molecule has 0 aliphatic heterocycles. The average molecular weight is 406 g/mol. The zero-order valence-electron chi connectivity index (χ0n) is 14.6. The van der Waals surface area contributed by atoms with Gasteiger partial charge in [0.25, 0.3) is 0 Å². The van der Waals surface area contributed by atoms with Gasteiger partial charge in [0.15, 0.2) is 11.5 Å². The summed E-state index contributed by atoms with van der Waals surface area (Å²) in [6.07, 6.45) is 0. The second kappa shape index (κ2) is 8.98. The molecule has 0 unspecified atom stereocenters. The van der Waals surface area contributed by atoms with E-state index >= 15 is 0 Å². The fourth-order valence-electron chi connectivity index (χ4n) is 2.59. The van der Waals surface area contributed by atoms with Crippen molar-refractivity contribution in [3.63, 3.8) is 0 Å². The van der Waals surface area contributed by atoms with Crippen molar-refractivity contribution in [1.29, 1.82) is 0 Å². The summed E-state index contributed by atoms with van der Waals surface area (Å²) in [6, 6.07) is 17.5. The van der Waals surface area contributed by atoms with E-state index in [0.29, 0.717) is 33.7 Å². The number of nitrogens with one attached hydrogen (secondary N) is 1. The molecular formula is C21H18Cl2FNO2. The quantitative estimate of drug-likeness (QED) is 0.497. The lowest BCUT2D eigenvalue weighted by Gasteiger charge is -2.16. The lowest BCUT2D eigenvalue weighted by atomic mass is 10.1. The van der Waals surface area contributed by atoms with E-state index in [-0.39, 0.29) is 12.4 Å². The highest BCUT2D eigenvalue weighted by Gasteiger charge is 2.12. The molecular weight excluding hydrogens is 388 g/mol. The molecule has 0 saturated heterocycles. The minimum absolute atomic E-state index is 0.104. The molecule has 3 aromatic carbocycles. The first kappa shape index (κ1) is 19.3. The standard InChI is InChI=1S/C21H18Cl2FNO2/c1-26-20-8-4-6-14(12-25-16-9-10-17(22)18(23)11-16)21(20)27-13-15-5-2-3-7-19(15)24/h2-11,25H,12-13H2,1H3. The number of ether oxygens (including phenoxy) is 2. The van der Waals surface area contributed by atoms with Crippen molar-refractivity contribution in [1.82, 2.24) is 0 Å². The van der Waals surface area contributed by atoms with E-state index in [1.807, 2.05) is 18.2 Å². The third-order valence-corrected chi connectivity index (χ3v) is 4.75. The van der Waals surface area contributed by atoms with Crippen molar-refractivity contribution in [2.45, 2.75) is 13.2 Å². The number of hydrogen-bond donors (Lipinski definition) is 1. The normalized spacial score (nSPS) is 10.5. The predicted octanol–water partition coefficient (Wildman–Crippen LogP) is 6.33. The van der Waals surface area contributed by atoms with E-state index in [2.05, 4.69) is 5.32 Å². The van der Waals surface area contributed by atoms with Crippen LogP contribution in [0.25, 0.3) is 0 Å². The van der Waals surface area contributed by atoms with Crippen LogP contribution in [0.15, 0.2) is 60.7 Å². The highest BCUT2D eigenvalue weighted by atomic mass is 35.5. The summed E-state index contributed by atoms with van der Waals surface area (Å²) < 4.78 is 25.2. The fourth-order valence-corrected chi connectivity index (χ4v) is 2.89. The molecule has 0 aliphatic rings. The Balaban J connectivity index is 1.78. The van der Waals surface area contributed by atoms with Crippen LogP contribution in [0.3, 0.4) is 0 Å². The number of para-hydroxylation sites is 1. The largest absolute Gasteiger partial charge is 0.493 e. The zero-order valence-corrected chi connectivity index (χ0v) is 16.1. The second-order valence-electron chi connectivity index (χ2n) is 5.81. The molecule has 27 heavy (non-hydrogen) atoms. The van der Waals surface area contributed by atoms with Crippen LogP contribution in [-0.4, -0.2) is 7.11 Å². The van der Waals surface area contributed by atoms with Gasteiger partial charge in [-0.05, 0) is 30.3 Å². The lowest BCUT2D eigenvalue weighted by Crippen LogP contribution is -2.06. The number of rotatable bonds is 7. The topological polar surface area (TPSA) is 30.5 Å². The molecule has 0 bridgehead atoms. The third kappa shape index (κ3) is 4.85. The molecule has 0 radical (unpaired) electrons. The molecule has 0 atom stereocenters. The molecule has 3 rings (SSSR count). The first-order valence-electron chi connectivity index (χ1n) is 8.29. The van der Waals surface area contributed by atoms with E-state index in [9.17, 15) is 4.39 Å². The van der Waals surface area contributed by atoms with E-state index in [4.69, 9.17) is 32.7 Å². The van der Waals surface area contributed by atoms with Crippen molar-refractivity contribution < 1.29 is 13.9 Å². The average Bonchev–Trinajstić information content (AvgIpc) is 2.68. The molecule has 0 amide bonds. The maximum atomic E-state index is 13.9. The molecule has 0 fully saturated rings. The fraction of sp³-hybridized carbons (Fsp3) is 0.143. The SMILES string of the molecule is COc1cccc(CNc2ccc(Cl)c(Cl)c2)c1OCc1ccccc1F. The summed E-state index contributed by atoms with van der Waals surface area (Å²) >= 11 is 12.0. The number of halogens is 3. The highest BCUT2D eigenvalue weighted by molar-refractivity contribution is 6.42. The summed E-state index contributed by atoms with van der Waals surface area (Å²) in [5.74, 6) is 0.846. The van der Waals surface area contributed by atoms with Crippen LogP contribution in [0.4, 0.5) is 10.1 Å². The Kier molecular flexibility index (Phi) is 6.43.